The van der Waals surface area contributed by atoms with Gasteiger partial charge in [0.25, 0.3) is 5.91 Å². The normalized spacial score (nSPS) is 19.3. The van der Waals surface area contributed by atoms with Gasteiger partial charge < -0.3 is 25.6 Å². The molecule has 2 aliphatic rings. The molecule has 2 fully saturated rings. The Hall–Kier alpha value is -3.72. The zero-order valence-corrected chi connectivity index (χ0v) is 20.6. The van der Waals surface area contributed by atoms with Crippen molar-refractivity contribution in [1.82, 2.24) is 10.6 Å². The van der Waals surface area contributed by atoms with Gasteiger partial charge in [0.2, 0.25) is 17.7 Å². The van der Waals surface area contributed by atoms with E-state index in [1.165, 1.54) is 0 Å². The smallest absolute Gasteiger partial charge is 0.251 e. The number of anilines is 2. The van der Waals surface area contributed by atoms with Gasteiger partial charge in [0.1, 0.15) is 6.10 Å². The van der Waals surface area contributed by atoms with Crippen LogP contribution in [0.5, 0.6) is 0 Å². The van der Waals surface area contributed by atoms with Gasteiger partial charge in [-0.3, -0.25) is 19.2 Å². The molecule has 0 aliphatic carbocycles. The molecule has 2 heterocycles. The molecule has 2 unspecified atom stereocenters. The lowest BCUT2D eigenvalue weighted by Gasteiger charge is -2.18. The van der Waals surface area contributed by atoms with Crippen LogP contribution in [0.3, 0.4) is 0 Å². The molecule has 36 heavy (non-hydrogen) atoms. The van der Waals surface area contributed by atoms with Crippen molar-refractivity contribution in [3.05, 3.63) is 59.2 Å². The van der Waals surface area contributed by atoms with Gasteiger partial charge in [-0.15, -0.1) is 0 Å². The third-order valence-electron chi connectivity index (χ3n) is 6.64. The molecule has 3 N–H and O–H groups in total. The van der Waals surface area contributed by atoms with Crippen LogP contribution in [0.25, 0.3) is 0 Å². The zero-order chi connectivity index (χ0) is 25.7. The Morgan fingerprint density at radius 2 is 1.72 bits per heavy atom. The van der Waals surface area contributed by atoms with Crippen LogP contribution in [0.1, 0.15) is 40.7 Å². The van der Waals surface area contributed by atoms with Crippen molar-refractivity contribution in [2.75, 3.05) is 36.5 Å². The molecule has 0 bridgehead atoms. The highest BCUT2D eigenvalue weighted by Crippen LogP contribution is 2.27. The largest absolute Gasteiger partial charge is 0.368 e. The molecule has 4 rings (SSSR count). The molecule has 0 saturated carbocycles. The SMILES string of the molecule is Cc1ccc(N2CC(C(=O)Nc3ccc(C(=O)NCCNC(=O)C4CCCO4)cc3)CC2=O)cc1C. The maximum Gasteiger partial charge on any atom is 0.251 e. The first-order valence-corrected chi connectivity index (χ1v) is 12.3. The average Bonchev–Trinajstić information content (AvgIpc) is 3.54. The van der Waals surface area contributed by atoms with Crippen LogP contribution in [0.15, 0.2) is 42.5 Å². The van der Waals surface area contributed by atoms with Gasteiger partial charge in [-0.25, -0.2) is 0 Å². The number of aryl methyl sites for hydroxylation is 2. The molecule has 4 amide bonds. The van der Waals surface area contributed by atoms with E-state index in [1.54, 1.807) is 29.2 Å². The maximum atomic E-state index is 12.8. The lowest BCUT2D eigenvalue weighted by Crippen LogP contribution is -2.39. The minimum atomic E-state index is -0.452. The number of amides is 4. The van der Waals surface area contributed by atoms with Gasteiger partial charge in [0.15, 0.2) is 0 Å². The van der Waals surface area contributed by atoms with E-state index in [4.69, 9.17) is 4.74 Å². The number of hydrogen-bond acceptors (Lipinski definition) is 5. The zero-order valence-electron chi connectivity index (χ0n) is 20.6. The van der Waals surface area contributed by atoms with E-state index in [1.807, 2.05) is 32.0 Å². The first-order valence-electron chi connectivity index (χ1n) is 12.3. The van der Waals surface area contributed by atoms with Crippen molar-refractivity contribution in [2.45, 2.75) is 39.2 Å². The van der Waals surface area contributed by atoms with Crippen molar-refractivity contribution < 1.29 is 23.9 Å². The molecule has 2 aliphatic heterocycles. The molecule has 2 saturated heterocycles. The highest BCUT2D eigenvalue weighted by Gasteiger charge is 2.35. The highest BCUT2D eigenvalue weighted by atomic mass is 16.5. The fraction of sp³-hybridized carbons (Fsp3) is 0.407. The summed E-state index contributed by atoms with van der Waals surface area (Å²) in [6.07, 6.45) is 1.38. The Balaban J connectivity index is 1.23. The molecule has 9 nitrogen and oxygen atoms in total. The standard InChI is InChI=1S/C27H32N4O5/c1-17-5-10-22(14-18(17)2)31-16-20(15-24(31)32)26(34)30-21-8-6-19(7-9-21)25(33)28-11-12-29-27(35)23-4-3-13-36-23/h5-10,14,20,23H,3-4,11-13,15-16H2,1-2H3,(H,28,33)(H,29,35)(H,30,34). The number of benzene rings is 2. The first-order chi connectivity index (χ1) is 17.3. The summed E-state index contributed by atoms with van der Waals surface area (Å²) in [4.78, 5) is 51.3. The van der Waals surface area contributed by atoms with Crippen molar-refractivity contribution in [3.63, 3.8) is 0 Å². The predicted octanol–water partition coefficient (Wildman–Crippen LogP) is 2.32. The molecule has 2 aromatic rings. The number of nitrogens with one attached hydrogen (secondary N) is 3. The fourth-order valence-corrected chi connectivity index (χ4v) is 4.34. The van der Waals surface area contributed by atoms with Crippen LogP contribution in [-0.2, 0) is 19.1 Å². The second-order valence-electron chi connectivity index (χ2n) is 9.29. The lowest BCUT2D eigenvalue weighted by atomic mass is 10.1. The summed E-state index contributed by atoms with van der Waals surface area (Å²) in [7, 11) is 0. The molecule has 9 heteroatoms. The molecular formula is C27H32N4O5. The summed E-state index contributed by atoms with van der Waals surface area (Å²) in [6.45, 7) is 5.56. The van der Waals surface area contributed by atoms with Gasteiger partial charge in [0.05, 0.1) is 5.92 Å². The summed E-state index contributed by atoms with van der Waals surface area (Å²) in [5.41, 5.74) is 4.05. The van der Waals surface area contributed by atoms with E-state index < -0.39 is 5.92 Å². The van der Waals surface area contributed by atoms with Crippen LogP contribution in [0, 0.1) is 19.8 Å². The van der Waals surface area contributed by atoms with E-state index in [2.05, 4.69) is 16.0 Å². The Morgan fingerprint density at radius 3 is 2.42 bits per heavy atom. The van der Waals surface area contributed by atoms with Crippen molar-refractivity contribution >= 4 is 35.0 Å². The van der Waals surface area contributed by atoms with Crippen LogP contribution in [0.4, 0.5) is 11.4 Å². The highest BCUT2D eigenvalue weighted by molar-refractivity contribution is 6.03. The number of carbonyl (C=O) groups is 4. The average molecular weight is 493 g/mol. The number of carbonyl (C=O) groups excluding carboxylic acids is 4. The second-order valence-corrected chi connectivity index (χ2v) is 9.29. The summed E-state index contributed by atoms with van der Waals surface area (Å²) in [5.74, 6) is -1.18. The third-order valence-corrected chi connectivity index (χ3v) is 6.64. The number of rotatable bonds is 8. The van der Waals surface area contributed by atoms with Crippen molar-refractivity contribution in [1.29, 1.82) is 0 Å². The van der Waals surface area contributed by atoms with Gasteiger partial charge in [0, 0.05) is 49.6 Å². The third kappa shape index (κ3) is 6.09. The van der Waals surface area contributed by atoms with Crippen LogP contribution < -0.4 is 20.9 Å². The number of hydrogen-bond donors (Lipinski definition) is 3. The van der Waals surface area contributed by atoms with E-state index in [-0.39, 0.29) is 36.2 Å². The van der Waals surface area contributed by atoms with Gasteiger partial charge in [-0.05, 0) is 74.2 Å². The quantitative estimate of drug-likeness (QED) is 0.489. The van der Waals surface area contributed by atoms with Crippen molar-refractivity contribution in [3.8, 4) is 0 Å². The fourth-order valence-electron chi connectivity index (χ4n) is 4.34. The predicted molar refractivity (Wildman–Crippen MR) is 136 cm³/mol. The summed E-state index contributed by atoms with van der Waals surface area (Å²) >= 11 is 0. The Labute approximate surface area is 210 Å². The van der Waals surface area contributed by atoms with Gasteiger partial charge in [-0.1, -0.05) is 6.07 Å². The van der Waals surface area contributed by atoms with Gasteiger partial charge in [-0.2, -0.15) is 0 Å². The van der Waals surface area contributed by atoms with Crippen LogP contribution in [-0.4, -0.2) is 56.0 Å². The van der Waals surface area contributed by atoms with Crippen LogP contribution in [0.2, 0.25) is 0 Å². The molecule has 190 valence electrons. The topological polar surface area (TPSA) is 117 Å². The summed E-state index contributed by atoms with van der Waals surface area (Å²) in [6, 6.07) is 12.4. The molecular weight excluding hydrogens is 460 g/mol. The number of ether oxygens (including phenoxy) is 1. The molecule has 0 aromatic heterocycles. The van der Waals surface area contributed by atoms with Gasteiger partial charge >= 0.3 is 0 Å². The minimum absolute atomic E-state index is 0.0719. The molecule has 0 spiro atoms. The Kier molecular flexibility index (Phi) is 8.00. The Bertz CT molecular complexity index is 1140. The van der Waals surface area contributed by atoms with Crippen LogP contribution >= 0.6 is 0 Å². The first kappa shape index (κ1) is 25.4. The lowest BCUT2D eigenvalue weighted by molar-refractivity contribution is -0.130. The molecule has 2 atom stereocenters. The van der Waals surface area contributed by atoms with E-state index in [0.717, 1.165) is 29.7 Å². The summed E-state index contributed by atoms with van der Waals surface area (Å²) in [5, 5.41) is 8.36. The molecule has 0 radical (unpaired) electrons. The minimum Gasteiger partial charge on any atom is -0.368 e. The maximum absolute atomic E-state index is 12.8. The number of nitrogens with zero attached hydrogens (tertiary/aromatic N) is 1. The van der Waals surface area contributed by atoms with E-state index >= 15 is 0 Å². The van der Waals surface area contributed by atoms with E-state index in [0.29, 0.717) is 37.5 Å². The Morgan fingerprint density at radius 1 is 0.972 bits per heavy atom. The van der Waals surface area contributed by atoms with E-state index in [9.17, 15) is 19.2 Å². The monoisotopic (exact) mass is 492 g/mol. The molecule has 2 aromatic carbocycles. The van der Waals surface area contributed by atoms with Crippen molar-refractivity contribution in [2.24, 2.45) is 5.92 Å². The summed E-state index contributed by atoms with van der Waals surface area (Å²) < 4.78 is 5.32. The second kappa shape index (κ2) is 11.3.